The van der Waals surface area contributed by atoms with Crippen LogP contribution in [0.2, 0.25) is 0 Å². The molecule has 5 heteroatoms. The average molecular weight is 236 g/mol. The Morgan fingerprint density at radius 2 is 2.38 bits per heavy atom. The fourth-order valence-corrected chi connectivity index (χ4v) is 2.04. The summed E-state index contributed by atoms with van der Waals surface area (Å²) in [7, 11) is 0. The number of aromatic nitrogens is 1. The number of thiazole rings is 1. The van der Waals surface area contributed by atoms with E-state index in [0.29, 0.717) is 16.8 Å². The van der Waals surface area contributed by atoms with Crippen LogP contribution >= 0.6 is 11.3 Å². The number of amides is 1. The molecule has 16 heavy (non-hydrogen) atoms. The standard InChI is InChI=1S/C11H12N2O2S/c1-7(2)8-6-16-11(12-8)13-10(14)9-4-3-5-15-9/h3-7H,1-2H3,(H,12,13,14). The first-order valence-electron chi connectivity index (χ1n) is 4.97. The molecule has 2 aromatic heterocycles. The van der Waals surface area contributed by atoms with E-state index in [9.17, 15) is 4.79 Å². The van der Waals surface area contributed by atoms with Crippen LogP contribution in [0.25, 0.3) is 0 Å². The molecule has 0 bridgehead atoms. The Labute approximate surface area is 97.3 Å². The van der Waals surface area contributed by atoms with Crippen LogP contribution in [0.4, 0.5) is 5.13 Å². The molecular weight excluding hydrogens is 224 g/mol. The van der Waals surface area contributed by atoms with Crippen LogP contribution in [-0.2, 0) is 0 Å². The van der Waals surface area contributed by atoms with Crippen LogP contribution < -0.4 is 5.32 Å². The molecule has 1 amide bonds. The summed E-state index contributed by atoms with van der Waals surface area (Å²) in [5.41, 5.74) is 0.986. The molecule has 0 saturated carbocycles. The third-order valence-electron chi connectivity index (χ3n) is 2.08. The molecule has 0 aliphatic heterocycles. The quantitative estimate of drug-likeness (QED) is 0.890. The highest BCUT2D eigenvalue weighted by molar-refractivity contribution is 7.14. The molecule has 4 nitrogen and oxygen atoms in total. The highest BCUT2D eigenvalue weighted by atomic mass is 32.1. The molecule has 0 aliphatic carbocycles. The maximum atomic E-state index is 11.6. The Morgan fingerprint density at radius 3 is 2.94 bits per heavy atom. The SMILES string of the molecule is CC(C)c1csc(NC(=O)c2ccco2)n1. The largest absolute Gasteiger partial charge is 0.459 e. The van der Waals surface area contributed by atoms with Crippen LogP contribution in [0.15, 0.2) is 28.2 Å². The lowest BCUT2D eigenvalue weighted by Crippen LogP contribution is -2.10. The van der Waals surface area contributed by atoms with E-state index in [-0.39, 0.29) is 5.91 Å². The van der Waals surface area contributed by atoms with E-state index in [2.05, 4.69) is 24.1 Å². The van der Waals surface area contributed by atoms with Gasteiger partial charge in [-0.3, -0.25) is 10.1 Å². The summed E-state index contributed by atoms with van der Waals surface area (Å²) >= 11 is 1.42. The van der Waals surface area contributed by atoms with Crippen molar-refractivity contribution in [2.75, 3.05) is 5.32 Å². The first-order chi connectivity index (χ1) is 7.66. The number of nitrogens with zero attached hydrogens (tertiary/aromatic N) is 1. The molecule has 0 fully saturated rings. The number of carbonyl (C=O) groups is 1. The molecule has 0 spiro atoms. The van der Waals surface area contributed by atoms with Crippen LogP contribution in [0.1, 0.15) is 36.0 Å². The van der Waals surface area contributed by atoms with Crippen LogP contribution in [0.5, 0.6) is 0 Å². The Kier molecular flexibility index (Phi) is 3.05. The van der Waals surface area contributed by atoms with Crippen molar-refractivity contribution in [3.05, 3.63) is 35.2 Å². The second-order valence-electron chi connectivity index (χ2n) is 3.66. The van der Waals surface area contributed by atoms with Gasteiger partial charge in [0.15, 0.2) is 10.9 Å². The van der Waals surface area contributed by atoms with Crippen molar-refractivity contribution in [3.8, 4) is 0 Å². The maximum absolute atomic E-state index is 11.6. The predicted molar refractivity (Wildman–Crippen MR) is 62.9 cm³/mol. The van der Waals surface area contributed by atoms with Crippen molar-refractivity contribution in [1.29, 1.82) is 0 Å². The van der Waals surface area contributed by atoms with E-state index in [1.807, 2.05) is 5.38 Å². The minimum absolute atomic E-state index is 0.269. The molecule has 2 heterocycles. The van der Waals surface area contributed by atoms with E-state index in [1.54, 1.807) is 12.1 Å². The van der Waals surface area contributed by atoms with Gasteiger partial charge in [0.25, 0.3) is 5.91 Å². The molecule has 0 aromatic carbocycles. The van der Waals surface area contributed by atoms with Gasteiger partial charge in [0.2, 0.25) is 0 Å². The van der Waals surface area contributed by atoms with Gasteiger partial charge in [0, 0.05) is 5.38 Å². The van der Waals surface area contributed by atoms with Gasteiger partial charge in [-0.25, -0.2) is 4.98 Å². The van der Waals surface area contributed by atoms with E-state index in [1.165, 1.54) is 17.6 Å². The van der Waals surface area contributed by atoms with E-state index >= 15 is 0 Å². The summed E-state index contributed by atoms with van der Waals surface area (Å²) in [5, 5.41) is 5.24. The highest BCUT2D eigenvalue weighted by Crippen LogP contribution is 2.21. The lowest BCUT2D eigenvalue weighted by atomic mass is 10.2. The number of furan rings is 1. The third kappa shape index (κ3) is 2.30. The van der Waals surface area contributed by atoms with Crippen LogP contribution in [0.3, 0.4) is 0 Å². The minimum Gasteiger partial charge on any atom is -0.459 e. The zero-order valence-corrected chi connectivity index (χ0v) is 9.88. The zero-order chi connectivity index (χ0) is 11.5. The summed E-state index contributed by atoms with van der Waals surface area (Å²) in [5.74, 6) is 0.390. The monoisotopic (exact) mass is 236 g/mol. The number of hydrogen-bond acceptors (Lipinski definition) is 4. The van der Waals surface area contributed by atoms with E-state index < -0.39 is 0 Å². The van der Waals surface area contributed by atoms with Crippen LogP contribution in [-0.4, -0.2) is 10.9 Å². The van der Waals surface area contributed by atoms with Gasteiger partial charge in [-0.1, -0.05) is 13.8 Å². The minimum atomic E-state index is -0.269. The average Bonchev–Trinajstić information content (AvgIpc) is 2.87. The molecule has 0 atom stereocenters. The van der Waals surface area contributed by atoms with Gasteiger partial charge < -0.3 is 4.42 Å². The summed E-state index contributed by atoms with van der Waals surface area (Å²) in [6, 6.07) is 3.29. The third-order valence-corrected chi connectivity index (χ3v) is 2.85. The second kappa shape index (κ2) is 4.49. The lowest BCUT2D eigenvalue weighted by molar-refractivity contribution is 0.0996. The fraction of sp³-hybridized carbons (Fsp3) is 0.273. The van der Waals surface area contributed by atoms with Gasteiger partial charge in [-0.2, -0.15) is 0 Å². The maximum Gasteiger partial charge on any atom is 0.293 e. The topological polar surface area (TPSA) is 55.1 Å². The summed E-state index contributed by atoms with van der Waals surface area (Å²) in [4.78, 5) is 15.9. The molecule has 84 valence electrons. The molecular formula is C11H12N2O2S. The molecule has 0 unspecified atom stereocenters. The van der Waals surface area contributed by atoms with Gasteiger partial charge in [-0.15, -0.1) is 11.3 Å². The molecule has 2 aromatic rings. The Balaban J connectivity index is 2.07. The second-order valence-corrected chi connectivity index (χ2v) is 4.52. The summed E-state index contributed by atoms with van der Waals surface area (Å²) < 4.78 is 4.99. The van der Waals surface area contributed by atoms with Crippen molar-refractivity contribution in [2.45, 2.75) is 19.8 Å². The smallest absolute Gasteiger partial charge is 0.293 e. The van der Waals surface area contributed by atoms with Crippen molar-refractivity contribution >= 4 is 22.4 Å². The van der Waals surface area contributed by atoms with Gasteiger partial charge in [0.05, 0.1) is 12.0 Å². The predicted octanol–water partition coefficient (Wildman–Crippen LogP) is 3.11. The van der Waals surface area contributed by atoms with E-state index in [0.717, 1.165) is 5.69 Å². The highest BCUT2D eigenvalue weighted by Gasteiger charge is 2.11. The fourth-order valence-electron chi connectivity index (χ4n) is 1.18. The number of nitrogens with one attached hydrogen (secondary N) is 1. The summed E-state index contributed by atoms with van der Waals surface area (Å²) in [6.07, 6.45) is 1.47. The van der Waals surface area contributed by atoms with Crippen molar-refractivity contribution in [2.24, 2.45) is 0 Å². The van der Waals surface area contributed by atoms with E-state index in [4.69, 9.17) is 4.42 Å². The number of carbonyl (C=O) groups excluding carboxylic acids is 1. The number of hydrogen-bond donors (Lipinski definition) is 1. The number of anilines is 1. The normalized spacial score (nSPS) is 10.7. The number of rotatable bonds is 3. The molecule has 0 saturated heterocycles. The van der Waals surface area contributed by atoms with Crippen molar-refractivity contribution in [1.82, 2.24) is 4.98 Å². The van der Waals surface area contributed by atoms with Gasteiger partial charge >= 0.3 is 0 Å². The molecule has 1 N–H and O–H groups in total. The first kappa shape index (κ1) is 10.9. The zero-order valence-electron chi connectivity index (χ0n) is 9.06. The Hall–Kier alpha value is -1.62. The molecule has 0 radical (unpaired) electrons. The van der Waals surface area contributed by atoms with Gasteiger partial charge in [0.1, 0.15) is 0 Å². The Morgan fingerprint density at radius 1 is 1.56 bits per heavy atom. The molecule has 2 rings (SSSR count). The van der Waals surface area contributed by atoms with Crippen molar-refractivity contribution < 1.29 is 9.21 Å². The van der Waals surface area contributed by atoms with Crippen LogP contribution in [0, 0.1) is 0 Å². The Bertz CT molecular complexity index is 474. The summed E-state index contributed by atoms with van der Waals surface area (Å²) in [6.45, 7) is 4.13. The molecule has 0 aliphatic rings. The van der Waals surface area contributed by atoms with Crippen molar-refractivity contribution in [3.63, 3.8) is 0 Å². The van der Waals surface area contributed by atoms with Gasteiger partial charge in [-0.05, 0) is 18.1 Å². The first-order valence-corrected chi connectivity index (χ1v) is 5.85. The lowest BCUT2D eigenvalue weighted by Gasteiger charge is -1.98.